The summed E-state index contributed by atoms with van der Waals surface area (Å²) in [5, 5.41) is 5.75. The average Bonchev–Trinajstić information content (AvgIpc) is 3.04. The van der Waals surface area contributed by atoms with E-state index in [2.05, 4.69) is 15.2 Å². The molecule has 0 atom stereocenters. The highest BCUT2D eigenvalue weighted by Gasteiger charge is 2.19. The van der Waals surface area contributed by atoms with Crippen LogP contribution in [0.4, 0.5) is 5.69 Å². The molecule has 26 heavy (non-hydrogen) atoms. The van der Waals surface area contributed by atoms with Crippen LogP contribution < -0.4 is 5.32 Å². The lowest BCUT2D eigenvalue weighted by molar-refractivity contribution is -0.130. The summed E-state index contributed by atoms with van der Waals surface area (Å²) in [6.07, 6.45) is 0.288. The van der Waals surface area contributed by atoms with Gasteiger partial charge in [-0.05, 0) is 19.1 Å². The van der Waals surface area contributed by atoms with Crippen molar-refractivity contribution in [1.82, 2.24) is 14.8 Å². The molecule has 0 radical (unpaired) electrons. The summed E-state index contributed by atoms with van der Waals surface area (Å²) in [4.78, 5) is 32.3. The molecular weight excluding hydrogens is 348 g/mol. The Morgan fingerprint density at radius 2 is 1.85 bits per heavy atom. The molecule has 1 aromatic heterocycles. The molecule has 1 aliphatic rings. The van der Waals surface area contributed by atoms with Crippen molar-refractivity contribution in [1.29, 1.82) is 0 Å². The van der Waals surface area contributed by atoms with E-state index in [0.717, 1.165) is 54.7 Å². The number of nitrogens with zero attached hydrogens (tertiary/aromatic N) is 3. The minimum absolute atomic E-state index is 0.0511. The molecule has 1 aliphatic heterocycles. The van der Waals surface area contributed by atoms with Crippen LogP contribution >= 0.6 is 11.3 Å². The first-order chi connectivity index (χ1) is 12.5. The highest BCUT2D eigenvalue weighted by Crippen LogP contribution is 2.15. The number of amides is 2. The van der Waals surface area contributed by atoms with E-state index >= 15 is 0 Å². The van der Waals surface area contributed by atoms with Gasteiger partial charge in [0, 0.05) is 50.7 Å². The number of rotatable bonds is 5. The molecule has 1 N–H and O–H groups in total. The molecule has 0 saturated carbocycles. The number of aromatic nitrogens is 1. The maximum absolute atomic E-state index is 12.2. The number of thiazole rings is 1. The Labute approximate surface area is 157 Å². The Bertz CT molecular complexity index is 764. The van der Waals surface area contributed by atoms with Crippen molar-refractivity contribution in [3.63, 3.8) is 0 Å². The fourth-order valence-corrected chi connectivity index (χ4v) is 3.72. The zero-order valence-corrected chi connectivity index (χ0v) is 16.0. The van der Waals surface area contributed by atoms with Crippen LogP contribution in [0, 0.1) is 6.92 Å². The topological polar surface area (TPSA) is 65.5 Å². The van der Waals surface area contributed by atoms with Gasteiger partial charge in [-0.2, -0.15) is 0 Å². The lowest BCUT2D eigenvalue weighted by atomic mass is 10.2. The molecule has 1 aromatic carbocycles. The Kier molecular flexibility index (Phi) is 6.00. The molecule has 3 rings (SSSR count). The van der Waals surface area contributed by atoms with Gasteiger partial charge in [0.05, 0.1) is 12.1 Å². The molecule has 2 heterocycles. The van der Waals surface area contributed by atoms with Crippen LogP contribution in [-0.4, -0.2) is 52.8 Å². The molecule has 0 unspecified atom stereocenters. The van der Waals surface area contributed by atoms with Gasteiger partial charge in [0.25, 0.3) is 0 Å². The second-order valence-corrected chi connectivity index (χ2v) is 7.55. The number of piperazine rings is 1. The molecule has 6 nitrogen and oxygen atoms in total. The standard InChI is InChI=1S/C19H24N4O2S/c1-14-3-5-16(6-4-14)20-18(25)11-19-21-17(13-26-19)12-22-7-9-23(10-8-22)15(2)24/h3-6,13H,7-12H2,1-2H3,(H,20,25). The van der Waals surface area contributed by atoms with E-state index in [1.54, 1.807) is 6.92 Å². The molecule has 0 spiro atoms. The van der Waals surface area contributed by atoms with Gasteiger partial charge >= 0.3 is 0 Å². The van der Waals surface area contributed by atoms with Crippen LogP contribution in [0.5, 0.6) is 0 Å². The third-order valence-electron chi connectivity index (χ3n) is 4.45. The zero-order chi connectivity index (χ0) is 18.5. The van der Waals surface area contributed by atoms with Gasteiger partial charge in [-0.15, -0.1) is 11.3 Å². The molecule has 1 fully saturated rings. The summed E-state index contributed by atoms with van der Waals surface area (Å²) in [5.41, 5.74) is 2.96. The first kappa shape index (κ1) is 18.5. The maximum atomic E-state index is 12.2. The SMILES string of the molecule is CC(=O)N1CCN(Cc2csc(CC(=O)Nc3ccc(C)cc3)n2)CC1. The van der Waals surface area contributed by atoms with Crippen LogP contribution in [0.15, 0.2) is 29.6 Å². The largest absolute Gasteiger partial charge is 0.340 e. The lowest BCUT2D eigenvalue weighted by Gasteiger charge is -2.33. The van der Waals surface area contributed by atoms with E-state index in [0.29, 0.717) is 0 Å². The number of carbonyl (C=O) groups excluding carboxylic acids is 2. The number of hydrogen-bond acceptors (Lipinski definition) is 5. The van der Waals surface area contributed by atoms with Crippen molar-refractivity contribution >= 4 is 28.8 Å². The Morgan fingerprint density at radius 3 is 2.50 bits per heavy atom. The third-order valence-corrected chi connectivity index (χ3v) is 5.35. The van der Waals surface area contributed by atoms with Crippen LogP contribution in [-0.2, 0) is 22.6 Å². The predicted molar refractivity (Wildman–Crippen MR) is 103 cm³/mol. The Hall–Kier alpha value is -2.25. The quantitative estimate of drug-likeness (QED) is 0.875. The molecule has 138 valence electrons. The van der Waals surface area contributed by atoms with Crippen LogP contribution in [0.3, 0.4) is 0 Å². The number of nitrogens with one attached hydrogen (secondary N) is 1. The van der Waals surface area contributed by atoms with Crippen molar-refractivity contribution in [2.24, 2.45) is 0 Å². The van der Waals surface area contributed by atoms with Crippen molar-refractivity contribution in [3.05, 3.63) is 45.9 Å². The van der Waals surface area contributed by atoms with Crippen molar-refractivity contribution in [3.8, 4) is 0 Å². The minimum atomic E-state index is -0.0511. The summed E-state index contributed by atoms with van der Waals surface area (Å²) >= 11 is 1.52. The van der Waals surface area contributed by atoms with Gasteiger partial charge in [-0.1, -0.05) is 17.7 Å². The highest BCUT2D eigenvalue weighted by atomic mass is 32.1. The summed E-state index contributed by atoms with van der Waals surface area (Å²) in [5.74, 6) is 0.0880. The summed E-state index contributed by atoms with van der Waals surface area (Å²) in [7, 11) is 0. The number of hydrogen-bond donors (Lipinski definition) is 1. The second kappa shape index (κ2) is 8.42. The van der Waals surface area contributed by atoms with E-state index in [1.807, 2.05) is 41.5 Å². The lowest BCUT2D eigenvalue weighted by Crippen LogP contribution is -2.47. The summed E-state index contributed by atoms with van der Waals surface area (Å²) < 4.78 is 0. The van der Waals surface area contributed by atoms with Gasteiger partial charge in [-0.3, -0.25) is 14.5 Å². The minimum Gasteiger partial charge on any atom is -0.340 e. The number of anilines is 1. The van der Waals surface area contributed by atoms with Crippen LogP contribution in [0.25, 0.3) is 0 Å². The van der Waals surface area contributed by atoms with Gasteiger partial charge in [0.2, 0.25) is 11.8 Å². The van der Waals surface area contributed by atoms with Gasteiger partial charge in [-0.25, -0.2) is 4.98 Å². The number of carbonyl (C=O) groups is 2. The molecule has 0 aliphatic carbocycles. The molecule has 7 heteroatoms. The molecule has 0 bridgehead atoms. The molecule has 2 amide bonds. The van der Waals surface area contributed by atoms with Gasteiger partial charge < -0.3 is 10.2 Å². The zero-order valence-electron chi connectivity index (χ0n) is 15.2. The third kappa shape index (κ3) is 5.12. The van der Waals surface area contributed by atoms with Crippen molar-refractivity contribution in [2.45, 2.75) is 26.8 Å². The first-order valence-corrected chi connectivity index (χ1v) is 9.65. The first-order valence-electron chi connectivity index (χ1n) is 8.77. The molecule has 1 saturated heterocycles. The van der Waals surface area contributed by atoms with Crippen molar-refractivity contribution < 1.29 is 9.59 Å². The van der Waals surface area contributed by atoms with E-state index in [4.69, 9.17) is 0 Å². The Morgan fingerprint density at radius 1 is 1.15 bits per heavy atom. The van der Waals surface area contributed by atoms with E-state index in [9.17, 15) is 9.59 Å². The fourth-order valence-electron chi connectivity index (χ4n) is 2.93. The van der Waals surface area contributed by atoms with Gasteiger partial charge in [0.1, 0.15) is 5.01 Å². The number of aryl methyl sites for hydroxylation is 1. The van der Waals surface area contributed by atoms with Crippen molar-refractivity contribution in [2.75, 3.05) is 31.5 Å². The monoisotopic (exact) mass is 372 g/mol. The summed E-state index contributed by atoms with van der Waals surface area (Å²) in [6, 6.07) is 7.76. The Balaban J connectivity index is 1.48. The maximum Gasteiger partial charge on any atom is 0.231 e. The fraction of sp³-hybridized carbons (Fsp3) is 0.421. The van der Waals surface area contributed by atoms with E-state index < -0.39 is 0 Å². The summed E-state index contributed by atoms with van der Waals surface area (Å²) in [6.45, 7) is 7.66. The number of benzene rings is 1. The molecule has 2 aromatic rings. The smallest absolute Gasteiger partial charge is 0.231 e. The van der Waals surface area contributed by atoms with Gasteiger partial charge in [0.15, 0.2) is 0 Å². The normalized spacial score (nSPS) is 15.1. The highest BCUT2D eigenvalue weighted by molar-refractivity contribution is 7.09. The second-order valence-electron chi connectivity index (χ2n) is 6.61. The average molecular weight is 372 g/mol. The molecular formula is C19H24N4O2S. The van der Waals surface area contributed by atoms with Crippen LogP contribution in [0.2, 0.25) is 0 Å². The van der Waals surface area contributed by atoms with E-state index in [1.165, 1.54) is 11.3 Å². The predicted octanol–water partition coefficient (Wildman–Crippen LogP) is 2.30. The van der Waals surface area contributed by atoms with E-state index in [-0.39, 0.29) is 18.2 Å². The van der Waals surface area contributed by atoms with Crippen LogP contribution in [0.1, 0.15) is 23.2 Å².